The summed E-state index contributed by atoms with van der Waals surface area (Å²) in [4.78, 5) is 23.9. The van der Waals surface area contributed by atoms with Crippen LogP contribution in [0, 0.1) is 11.3 Å². The van der Waals surface area contributed by atoms with Crippen molar-refractivity contribution in [2.45, 2.75) is 49.5 Å². The van der Waals surface area contributed by atoms with Crippen LogP contribution in [0.2, 0.25) is 0 Å². The molecule has 2 fully saturated rings. The Morgan fingerprint density at radius 1 is 1.27 bits per heavy atom. The van der Waals surface area contributed by atoms with Gasteiger partial charge in [0.1, 0.15) is 17.4 Å². The summed E-state index contributed by atoms with van der Waals surface area (Å²) in [6.07, 6.45) is 0.105. The molecule has 1 aromatic carbocycles. The molecule has 0 unspecified atom stereocenters. The predicted molar refractivity (Wildman–Crippen MR) is 132 cm³/mol. The first-order valence-corrected chi connectivity index (χ1v) is 12.8. The highest BCUT2D eigenvalue weighted by molar-refractivity contribution is 7.09. The topological polar surface area (TPSA) is 114 Å². The summed E-state index contributed by atoms with van der Waals surface area (Å²) in [5, 5.41) is 26.2. The molecule has 1 saturated carbocycles. The Balaban J connectivity index is 1.14. The number of halogens is 3. The number of carbonyl (C=O) groups excluding carboxylic acids is 1. The van der Waals surface area contributed by atoms with Crippen LogP contribution in [-0.4, -0.2) is 57.6 Å². The molecule has 5 rings (SSSR count). The monoisotopic (exact) mass is 530 g/mol. The minimum atomic E-state index is -4.52. The van der Waals surface area contributed by atoms with Crippen molar-refractivity contribution in [3.8, 4) is 6.07 Å². The molecular formula is C25H25F3N6O2S. The van der Waals surface area contributed by atoms with Crippen molar-refractivity contribution in [3.63, 3.8) is 0 Å². The fourth-order valence-electron chi connectivity index (χ4n) is 5.01. The molecule has 0 atom stereocenters. The lowest BCUT2D eigenvalue weighted by molar-refractivity contribution is -0.137. The number of pyridine rings is 1. The van der Waals surface area contributed by atoms with Crippen molar-refractivity contribution in [2.24, 2.45) is 0 Å². The standard InChI is InChI=1S/C25H25F3N6O2S/c26-25(27,28)15-1-2-20-19(7-15)21(10-17(11-29)32-20)31-13-23(35)33-16-8-18(9-16)34-5-3-24(36,4-6-34)22-12-30-14-37-22/h1-2,7,10,12,14,16,18,36H,3-6,8-9,13H2,(H,31,32)(H,33,35)/t16-,18+. The molecule has 8 nitrogen and oxygen atoms in total. The van der Waals surface area contributed by atoms with Crippen LogP contribution in [0.1, 0.15) is 41.8 Å². The SMILES string of the molecule is N#Cc1cc(NCC(=O)N[C@H]2C[C@@H](N3CCC(O)(c4cncs4)CC3)C2)c2cc(C(F)(F)F)ccc2n1. The van der Waals surface area contributed by atoms with E-state index in [4.69, 9.17) is 0 Å². The van der Waals surface area contributed by atoms with E-state index in [9.17, 15) is 28.3 Å². The van der Waals surface area contributed by atoms with Gasteiger partial charge in [-0.3, -0.25) is 14.7 Å². The molecule has 0 radical (unpaired) electrons. The number of thiazole rings is 1. The van der Waals surface area contributed by atoms with Gasteiger partial charge in [0.15, 0.2) is 0 Å². The lowest BCUT2D eigenvalue weighted by Gasteiger charge is -2.47. The molecular weight excluding hydrogens is 505 g/mol. The van der Waals surface area contributed by atoms with Gasteiger partial charge in [-0.05, 0) is 49.9 Å². The number of rotatable bonds is 6. The van der Waals surface area contributed by atoms with Gasteiger partial charge in [-0.15, -0.1) is 11.3 Å². The number of piperidine rings is 1. The number of fused-ring (bicyclic) bond motifs is 1. The Morgan fingerprint density at radius 2 is 2.03 bits per heavy atom. The Morgan fingerprint density at radius 3 is 2.68 bits per heavy atom. The van der Waals surface area contributed by atoms with Crippen molar-refractivity contribution in [1.82, 2.24) is 20.2 Å². The number of hydrogen-bond donors (Lipinski definition) is 3. The zero-order valence-electron chi connectivity index (χ0n) is 19.8. The number of aromatic nitrogens is 2. The van der Waals surface area contributed by atoms with Gasteiger partial charge in [-0.25, -0.2) is 4.98 Å². The van der Waals surface area contributed by atoms with E-state index in [1.165, 1.54) is 23.5 Å². The molecule has 3 heterocycles. The fraction of sp³-hybridized carbons (Fsp3) is 0.440. The lowest BCUT2D eigenvalue weighted by atomic mass is 9.82. The highest BCUT2D eigenvalue weighted by Gasteiger charge is 2.41. The molecule has 0 spiro atoms. The Hall–Kier alpha value is -3.27. The molecule has 0 bridgehead atoms. The van der Waals surface area contributed by atoms with E-state index in [-0.39, 0.29) is 40.8 Å². The van der Waals surface area contributed by atoms with Crippen LogP contribution < -0.4 is 10.6 Å². The van der Waals surface area contributed by atoms with E-state index >= 15 is 0 Å². The first-order chi connectivity index (χ1) is 17.6. The molecule has 1 amide bonds. The summed E-state index contributed by atoms with van der Waals surface area (Å²) in [6.45, 7) is 1.40. The number of nitrogens with one attached hydrogen (secondary N) is 2. The van der Waals surface area contributed by atoms with Crippen LogP contribution in [0.25, 0.3) is 10.9 Å². The number of amides is 1. The van der Waals surface area contributed by atoms with Gasteiger partial charge in [-0.1, -0.05) is 0 Å². The maximum absolute atomic E-state index is 13.2. The summed E-state index contributed by atoms with van der Waals surface area (Å²) in [5.74, 6) is -0.280. The summed E-state index contributed by atoms with van der Waals surface area (Å²) < 4.78 is 39.6. The molecule has 3 N–H and O–H groups in total. The van der Waals surface area contributed by atoms with Crippen LogP contribution in [0.15, 0.2) is 36.0 Å². The number of aliphatic hydroxyl groups is 1. The summed E-state index contributed by atoms with van der Waals surface area (Å²) >= 11 is 1.47. The number of benzene rings is 1. The normalized spacial score (nSPS) is 21.7. The molecule has 1 saturated heterocycles. The van der Waals surface area contributed by atoms with Crippen LogP contribution >= 0.6 is 11.3 Å². The predicted octanol–water partition coefficient (Wildman–Crippen LogP) is 3.62. The smallest absolute Gasteiger partial charge is 0.384 e. The lowest BCUT2D eigenvalue weighted by Crippen LogP contribution is -2.57. The third-order valence-electron chi connectivity index (χ3n) is 7.20. The number of hydrogen-bond acceptors (Lipinski definition) is 8. The molecule has 194 valence electrons. The van der Waals surface area contributed by atoms with Crippen molar-refractivity contribution in [3.05, 3.63) is 52.1 Å². The maximum Gasteiger partial charge on any atom is 0.416 e. The number of nitrogens with zero attached hydrogens (tertiary/aromatic N) is 4. The Labute approximate surface area is 215 Å². The largest absolute Gasteiger partial charge is 0.416 e. The number of anilines is 1. The van der Waals surface area contributed by atoms with Gasteiger partial charge >= 0.3 is 6.18 Å². The first-order valence-electron chi connectivity index (χ1n) is 12.0. The number of alkyl halides is 3. The molecule has 2 aliphatic rings. The van der Waals surface area contributed by atoms with E-state index in [0.717, 1.165) is 42.9 Å². The zero-order valence-corrected chi connectivity index (χ0v) is 20.6. The fourth-order valence-corrected chi connectivity index (χ4v) is 5.80. The van der Waals surface area contributed by atoms with Gasteiger partial charge in [0.05, 0.1) is 28.0 Å². The number of likely N-dealkylation sites (tertiary alicyclic amines) is 1. The van der Waals surface area contributed by atoms with E-state index in [0.29, 0.717) is 18.9 Å². The molecule has 37 heavy (non-hydrogen) atoms. The molecule has 3 aromatic rings. The van der Waals surface area contributed by atoms with Crippen molar-refractivity contribution in [2.75, 3.05) is 25.0 Å². The van der Waals surface area contributed by atoms with Crippen molar-refractivity contribution >= 4 is 33.8 Å². The minimum Gasteiger partial charge on any atom is -0.384 e. The molecule has 1 aliphatic heterocycles. The summed E-state index contributed by atoms with van der Waals surface area (Å²) in [5.41, 5.74) is 0.608. The van der Waals surface area contributed by atoms with Gasteiger partial charge in [0.2, 0.25) is 5.91 Å². The van der Waals surface area contributed by atoms with Crippen molar-refractivity contribution < 1.29 is 23.1 Å². The first kappa shape index (κ1) is 25.4. The molecule has 12 heteroatoms. The van der Waals surface area contributed by atoms with Crippen LogP contribution in [0.4, 0.5) is 18.9 Å². The van der Waals surface area contributed by atoms with Gasteiger partial charge in [-0.2, -0.15) is 18.4 Å². The van der Waals surface area contributed by atoms with E-state index in [2.05, 4.69) is 25.5 Å². The quantitative estimate of drug-likeness (QED) is 0.446. The summed E-state index contributed by atoms with van der Waals surface area (Å²) in [6, 6.07) is 6.70. The number of nitriles is 1. The van der Waals surface area contributed by atoms with E-state index < -0.39 is 17.3 Å². The highest BCUT2D eigenvalue weighted by Crippen LogP contribution is 2.38. The highest BCUT2D eigenvalue weighted by atomic mass is 32.1. The van der Waals surface area contributed by atoms with Crippen molar-refractivity contribution in [1.29, 1.82) is 5.26 Å². The third-order valence-corrected chi connectivity index (χ3v) is 8.17. The second kappa shape index (κ2) is 9.89. The van der Waals surface area contributed by atoms with Crippen LogP contribution in [0.3, 0.4) is 0 Å². The Bertz CT molecular complexity index is 1330. The van der Waals surface area contributed by atoms with E-state index in [1.807, 2.05) is 6.07 Å². The van der Waals surface area contributed by atoms with Gasteiger partial charge in [0, 0.05) is 42.4 Å². The van der Waals surface area contributed by atoms with Crippen LogP contribution in [-0.2, 0) is 16.6 Å². The average Bonchev–Trinajstić information content (AvgIpc) is 3.40. The average molecular weight is 531 g/mol. The Kier molecular flexibility index (Phi) is 6.78. The minimum absolute atomic E-state index is 0.0160. The van der Waals surface area contributed by atoms with Gasteiger partial charge in [0.25, 0.3) is 0 Å². The third kappa shape index (κ3) is 5.39. The maximum atomic E-state index is 13.2. The zero-order chi connectivity index (χ0) is 26.2. The second-order valence-corrected chi connectivity index (χ2v) is 10.5. The van der Waals surface area contributed by atoms with E-state index in [1.54, 1.807) is 11.7 Å². The summed E-state index contributed by atoms with van der Waals surface area (Å²) in [7, 11) is 0. The van der Waals surface area contributed by atoms with Gasteiger partial charge < -0.3 is 15.7 Å². The van der Waals surface area contributed by atoms with Crippen LogP contribution in [0.5, 0.6) is 0 Å². The molecule has 1 aliphatic carbocycles. The number of carbonyl (C=O) groups is 1. The molecule has 2 aromatic heterocycles. The second-order valence-electron chi connectivity index (χ2n) is 9.57.